The molecule has 180 valence electrons. The summed E-state index contributed by atoms with van der Waals surface area (Å²) < 4.78 is 5.18. The number of imide groups is 1. The molecule has 0 bridgehead atoms. The van der Waals surface area contributed by atoms with Crippen molar-refractivity contribution >= 4 is 29.2 Å². The normalized spacial score (nSPS) is 29.5. The van der Waals surface area contributed by atoms with Crippen LogP contribution in [-0.2, 0) is 25.5 Å². The lowest BCUT2D eigenvalue weighted by Crippen LogP contribution is -2.53. The van der Waals surface area contributed by atoms with Crippen molar-refractivity contribution in [1.29, 1.82) is 0 Å². The molecule has 5 atom stereocenters. The van der Waals surface area contributed by atoms with Gasteiger partial charge in [-0.2, -0.15) is 0 Å². The average molecular weight is 476 g/mol. The molecule has 4 aliphatic rings. The fourth-order valence-corrected chi connectivity index (χ4v) is 6.48. The van der Waals surface area contributed by atoms with E-state index >= 15 is 0 Å². The summed E-state index contributed by atoms with van der Waals surface area (Å²) in [5.41, 5.74) is 3.43. The molecule has 3 aliphatic heterocycles. The van der Waals surface area contributed by atoms with E-state index in [1.165, 1.54) is 36.9 Å². The average Bonchev–Trinajstić information content (AvgIpc) is 3.58. The summed E-state index contributed by atoms with van der Waals surface area (Å²) >= 11 is 0. The van der Waals surface area contributed by atoms with Crippen LogP contribution in [0.2, 0.25) is 0 Å². The molecule has 1 saturated carbocycles. The summed E-state index contributed by atoms with van der Waals surface area (Å²) in [7, 11) is 1.31. The number of nitro groups is 1. The van der Waals surface area contributed by atoms with Crippen molar-refractivity contribution in [1.82, 2.24) is 4.90 Å². The van der Waals surface area contributed by atoms with Gasteiger partial charge >= 0.3 is 5.97 Å². The van der Waals surface area contributed by atoms with Crippen molar-refractivity contribution in [3.63, 3.8) is 0 Å². The van der Waals surface area contributed by atoms with E-state index in [1.807, 2.05) is 19.1 Å². The molecule has 6 rings (SSSR count). The number of non-ortho nitro benzene ring substituents is 1. The first-order valence-electron chi connectivity index (χ1n) is 11.9. The third-order valence-electron chi connectivity index (χ3n) is 8.08. The Morgan fingerprint density at radius 3 is 2.37 bits per heavy atom. The van der Waals surface area contributed by atoms with Crippen LogP contribution in [0.1, 0.15) is 35.6 Å². The highest BCUT2D eigenvalue weighted by atomic mass is 16.6. The number of hydrogen-bond acceptors (Lipinski definition) is 7. The number of fused-ring (bicyclic) bond motifs is 5. The highest BCUT2D eigenvalue weighted by molar-refractivity contribution is 6.23. The third kappa shape index (κ3) is 3.14. The Labute approximate surface area is 201 Å². The first-order valence-corrected chi connectivity index (χ1v) is 11.9. The van der Waals surface area contributed by atoms with Gasteiger partial charge in [0.1, 0.15) is 6.04 Å². The Bertz CT molecular complexity index is 1270. The van der Waals surface area contributed by atoms with Gasteiger partial charge < -0.3 is 4.74 Å². The highest BCUT2D eigenvalue weighted by Gasteiger charge is 2.67. The van der Waals surface area contributed by atoms with Crippen LogP contribution in [0, 0.1) is 34.8 Å². The SMILES string of the molecule is COC(=O)[C@H]1[C@@H]2C(=O)N(c3ccc([N+](=O)[O-])cc3)C(=O)[C@@H]2[C@@H]2c3ccc(C)cc3C[C@H](C3CC3)N12. The summed E-state index contributed by atoms with van der Waals surface area (Å²) in [4.78, 5) is 54.6. The monoisotopic (exact) mass is 475 g/mol. The van der Waals surface area contributed by atoms with Gasteiger partial charge in [0.2, 0.25) is 11.8 Å². The lowest BCUT2D eigenvalue weighted by atomic mass is 9.81. The zero-order valence-electron chi connectivity index (χ0n) is 19.4. The maximum absolute atomic E-state index is 13.9. The van der Waals surface area contributed by atoms with Crippen LogP contribution in [-0.4, -0.2) is 46.8 Å². The van der Waals surface area contributed by atoms with E-state index in [9.17, 15) is 24.5 Å². The van der Waals surface area contributed by atoms with Gasteiger partial charge in [0, 0.05) is 24.2 Å². The molecule has 0 unspecified atom stereocenters. The van der Waals surface area contributed by atoms with E-state index in [0.29, 0.717) is 5.92 Å². The number of esters is 1. The molecule has 2 amide bonds. The number of benzene rings is 2. The van der Waals surface area contributed by atoms with Crippen LogP contribution in [0.15, 0.2) is 42.5 Å². The van der Waals surface area contributed by atoms with Crippen LogP contribution in [0.25, 0.3) is 0 Å². The van der Waals surface area contributed by atoms with Crippen molar-refractivity contribution in [3.8, 4) is 0 Å². The van der Waals surface area contributed by atoms with Crippen LogP contribution in [0.5, 0.6) is 0 Å². The molecule has 9 heteroatoms. The summed E-state index contributed by atoms with van der Waals surface area (Å²) in [6.07, 6.45) is 2.91. The number of aryl methyl sites for hydroxylation is 1. The van der Waals surface area contributed by atoms with Crippen molar-refractivity contribution in [2.45, 2.75) is 44.3 Å². The zero-order chi connectivity index (χ0) is 24.6. The second kappa shape index (κ2) is 7.71. The molecule has 2 aromatic carbocycles. The number of ether oxygens (including phenoxy) is 1. The van der Waals surface area contributed by atoms with E-state index in [0.717, 1.165) is 35.3 Å². The van der Waals surface area contributed by atoms with Gasteiger partial charge in [-0.25, -0.2) is 4.90 Å². The minimum absolute atomic E-state index is 0.0671. The molecule has 35 heavy (non-hydrogen) atoms. The van der Waals surface area contributed by atoms with Gasteiger partial charge in [-0.15, -0.1) is 0 Å². The Balaban J connectivity index is 1.48. The molecular weight excluding hydrogens is 450 g/mol. The molecular formula is C26H25N3O6. The van der Waals surface area contributed by atoms with Crippen molar-refractivity contribution < 1.29 is 24.0 Å². The number of anilines is 1. The summed E-state index contributed by atoms with van der Waals surface area (Å²) in [6, 6.07) is 10.4. The molecule has 2 aromatic rings. The number of nitro benzene ring substituents is 1. The summed E-state index contributed by atoms with van der Waals surface area (Å²) in [5, 5.41) is 11.1. The highest BCUT2D eigenvalue weighted by Crippen LogP contribution is 2.57. The topological polar surface area (TPSA) is 110 Å². The van der Waals surface area contributed by atoms with Gasteiger partial charge in [0.25, 0.3) is 5.69 Å². The molecule has 3 heterocycles. The largest absolute Gasteiger partial charge is 0.468 e. The van der Waals surface area contributed by atoms with Crippen LogP contribution in [0.3, 0.4) is 0 Å². The number of hydrogen-bond donors (Lipinski definition) is 0. The maximum Gasteiger partial charge on any atom is 0.323 e. The van der Waals surface area contributed by atoms with Gasteiger partial charge in [-0.3, -0.25) is 29.4 Å². The fourth-order valence-electron chi connectivity index (χ4n) is 6.48. The number of amides is 2. The van der Waals surface area contributed by atoms with Gasteiger partial charge in [0.05, 0.1) is 29.6 Å². The molecule has 3 fully saturated rings. The number of nitrogens with zero attached hydrogens (tertiary/aromatic N) is 3. The minimum atomic E-state index is -0.872. The second-order valence-corrected chi connectivity index (χ2v) is 10.0. The molecule has 0 aromatic heterocycles. The Morgan fingerprint density at radius 2 is 1.74 bits per heavy atom. The van der Waals surface area contributed by atoms with E-state index in [-0.39, 0.29) is 23.3 Å². The van der Waals surface area contributed by atoms with E-state index in [1.54, 1.807) is 0 Å². The number of methoxy groups -OCH3 is 1. The first kappa shape index (κ1) is 21.9. The molecule has 0 spiro atoms. The number of rotatable bonds is 4. The van der Waals surface area contributed by atoms with Crippen molar-refractivity contribution in [2.24, 2.45) is 17.8 Å². The van der Waals surface area contributed by atoms with E-state index in [2.05, 4.69) is 11.0 Å². The number of carbonyl (C=O) groups excluding carboxylic acids is 3. The standard InChI is InChI=1S/C26H25N3O6/c1-13-3-10-18-15(11-13)12-19(14-4-5-14)28-22(18)20-21(23(28)26(32)35-2)25(31)27(24(20)30)16-6-8-17(9-7-16)29(33)34/h3,6-11,14,19-23H,4-5,12H2,1-2H3/t19-,20+,21-,22+,23-/m1/s1. The second-order valence-electron chi connectivity index (χ2n) is 10.0. The van der Waals surface area contributed by atoms with Gasteiger partial charge in [0.15, 0.2) is 0 Å². The maximum atomic E-state index is 13.9. The predicted octanol–water partition coefficient (Wildman–Crippen LogP) is 2.94. The van der Waals surface area contributed by atoms with Crippen LogP contribution >= 0.6 is 0 Å². The summed E-state index contributed by atoms with van der Waals surface area (Å²) in [6.45, 7) is 2.04. The fraction of sp³-hybridized carbons (Fsp3) is 0.423. The van der Waals surface area contributed by atoms with Crippen LogP contribution in [0.4, 0.5) is 11.4 Å². The predicted molar refractivity (Wildman–Crippen MR) is 124 cm³/mol. The van der Waals surface area contributed by atoms with Gasteiger partial charge in [-0.1, -0.05) is 23.8 Å². The van der Waals surface area contributed by atoms with Crippen LogP contribution < -0.4 is 4.90 Å². The van der Waals surface area contributed by atoms with Gasteiger partial charge in [-0.05, 0) is 55.4 Å². The molecule has 2 saturated heterocycles. The smallest absolute Gasteiger partial charge is 0.323 e. The van der Waals surface area contributed by atoms with Crippen molar-refractivity contribution in [2.75, 3.05) is 12.0 Å². The van der Waals surface area contributed by atoms with E-state index < -0.39 is 40.7 Å². The van der Waals surface area contributed by atoms with E-state index in [4.69, 9.17) is 4.74 Å². The molecule has 0 radical (unpaired) electrons. The molecule has 0 N–H and O–H groups in total. The lowest BCUT2D eigenvalue weighted by molar-refractivity contribution is -0.384. The number of carbonyl (C=O) groups is 3. The molecule has 9 nitrogen and oxygen atoms in total. The zero-order valence-corrected chi connectivity index (χ0v) is 19.4. The molecule has 1 aliphatic carbocycles. The Hall–Kier alpha value is -3.59. The quantitative estimate of drug-likeness (QED) is 0.289. The Kier molecular flexibility index (Phi) is 4.83. The lowest BCUT2D eigenvalue weighted by Gasteiger charge is -2.43. The third-order valence-corrected chi connectivity index (χ3v) is 8.08. The summed E-state index contributed by atoms with van der Waals surface area (Å²) in [5.74, 6) is -2.52. The van der Waals surface area contributed by atoms with Crippen molar-refractivity contribution in [3.05, 3.63) is 69.3 Å². The first-order chi connectivity index (χ1) is 16.8. The minimum Gasteiger partial charge on any atom is -0.468 e. The Morgan fingerprint density at radius 1 is 1.06 bits per heavy atom.